The average Bonchev–Trinajstić information content (AvgIpc) is 3.21. The molecule has 3 aromatic rings. The number of halogens is 3. The zero-order valence-electron chi connectivity index (χ0n) is 12.7. The highest BCUT2D eigenvalue weighted by atomic mass is 35.5. The number of aromatic nitrogens is 2. The van der Waals surface area contributed by atoms with Crippen molar-refractivity contribution >= 4 is 23.3 Å². The fourth-order valence-corrected chi connectivity index (χ4v) is 2.59. The Morgan fingerprint density at radius 3 is 2.58 bits per heavy atom. The van der Waals surface area contributed by atoms with Crippen molar-refractivity contribution in [3.05, 3.63) is 53.5 Å². The molecule has 26 heavy (non-hydrogen) atoms. The van der Waals surface area contributed by atoms with E-state index in [1.165, 1.54) is 36.7 Å². The number of fused-ring (bicyclic) bond motifs is 1. The first kappa shape index (κ1) is 16.3. The molecule has 0 spiro atoms. The number of alkyl halides is 2. The highest BCUT2D eigenvalue weighted by Crippen LogP contribution is 2.45. The summed E-state index contributed by atoms with van der Waals surface area (Å²) in [6, 6.07) is 7.13. The molecule has 4 rings (SSSR count). The Kier molecular flexibility index (Phi) is 3.73. The van der Waals surface area contributed by atoms with Crippen LogP contribution in [0.4, 0.5) is 14.6 Å². The Labute approximate surface area is 149 Å². The fourth-order valence-electron chi connectivity index (χ4n) is 2.33. The fraction of sp³-hybridized carbons (Fsp3) is 0.0625. The van der Waals surface area contributed by atoms with Crippen LogP contribution in [0.1, 0.15) is 10.6 Å². The van der Waals surface area contributed by atoms with Gasteiger partial charge in [-0.15, -0.1) is 8.78 Å². The molecule has 0 aliphatic carbocycles. The summed E-state index contributed by atoms with van der Waals surface area (Å²) in [5.41, 5.74) is 0.960. The Morgan fingerprint density at radius 1 is 1.15 bits per heavy atom. The second kappa shape index (κ2) is 5.95. The first-order valence-corrected chi connectivity index (χ1v) is 7.57. The average molecular weight is 380 g/mol. The molecule has 3 heterocycles. The summed E-state index contributed by atoms with van der Waals surface area (Å²) in [4.78, 5) is 16.0. The second-order valence-electron chi connectivity index (χ2n) is 5.21. The summed E-state index contributed by atoms with van der Waals surface area (Å²) < 4.78 is 39.8. The number of hydrogen-bond donors (Lipinski definition) is 1. The van der Waals surface area contributed by atoms with Crippen LogP contribution in [0.3, 0.4) is 0 Å². The molecule has 0 saturated carbocycles. The molecule has 132 valence electrons. The molecule has 0 fully saturated rings. The lowest BCUT2D eigenvalue weighted by Gasteiger charge is -2.07. The summed E-state index contributed by atoms with van der Waals surface area (Å²) in [6.07, 6.45) is -0.953. The smallest absolute Gasteiger partial charge is 0.395 e. The Hall–Kier alpha value is -3.20. The van der Waals surface area contributed by atoms with E-state index in [4.69, 9.17) is 16.1 Å². The third-order valence-corrected chi connectivity index (χ3v) is 3.78. The molecule has 1 N–H and O–H groups in total. The predicted octanol–water partition coefficient (Wildman–Crippen LogP) is 3.96. The molecule has 1 aliphatic heterocycles. The highest BCUT2D eigenvalue weighted by Gasteiger charge is 2.43. The number of rotatable bonds is 3. The summed E-state index contributed by atoms with van der Waals surface area (Å²) >= 11 is 6.13. The van der Waals surface area contributed by atoms with E-state index in [0.717, 1.165) is 0 Å². The van der Waals surface area contributed by atoms with Crippen molar-refractivity contribution in [1.29, 1.82) is 0 Å². The predicted molar refractivity (Wildman–Crippen MR) is 85.3 cm³/mol. The number of nitrogens with zero attached hydrogens (tertiary/aromatic N) is 2. The second-order valence-corrected chi connectivity index (χ2v) is 5.62. The zero-order chi connectivity index (χ0) is 18.3. The van der Waals surface area contributed by atoms with Crippen LogP contribution in [0.2, 0.25) is 5.02 Å². The minimum atomic E-state index is -3.72. The monoisotopic (exact) mass is 379 g/mol. The Bertz CT molecular complexity index is 978. The van der Waals surface area contributed by atoms with E-state index >= 15 is 0 Å². The van der Waals surface area contributed by atoms with Crippen molar-refractivity contribution in [2.45, 2.75) is 6.29 Å². The number of ether oxygens (including phenoxy) is 2. The van der Waals surface area contributed by atoms with Crippen molar-refractivity contribution in [3.8, 4) is 22.6 Å². The molecule has 1 amide bonds. The molecule has 1 aromatic carbocycles. The quantitative estimate of drug-likeness (QED) is 0.741. The summed E-state index contributed by atoms with van der Waals surface area (Å²) in [5, 5.41) is 6.16. The number of pyridine rings is 1. The SMILES string of the molecule is O=C(Nc1ccc(-c2cc3c(cc2Cl)OC(F)(F)O3)cn1)c1ccno1. The van der Waals surface area contributed by atoms with Crippen molar-refractivity contribution in [2.24, 2.45) is 0 Å². The van der Waals surface area contributed by atoms with Crippen molar-refractivity contribution < 1.29 is 27.6 Å². The van der Waals surface area contributed by atoms with E-state index < -0.39 is 12.2 Å². The maximum Gasteiger partial charge on any atom is 0.586 e. The van der Waals surface area contributed by atoms with Crippen molar-refractivity contribution in [2.75, 3.05) is 5.32 Å². The van der Waals surface area contributed by atoms with Crippen LogP contribution >= 0.6 is 11.6 Å². The first-order valence-electron chi connectivity index (χ1n) is 7.19. The molecule has 0 radical (unpaired) electrons. The van der Waals surface area contributed by atoms with E-state index in [1.54, 1.807) is 6.07 Å². The van der Waals surface area contributed by atoms with Gasteiger partial charge in [-0.05, 0) is 18.2 Å². The van der Waals surface area contributed by atoms with E-state index in [1.807, 2.05) is 0 Å². The summed E-state index contributed by atoms with van der Waals surface area (Å²) in [6.45, 7) is 0. The number of carbonyl (C=O) groups is 1. The van der Waals surface area contributed by atoms with Gasteiger partial charge in [0.1, 0.15) is 5.82 Å². The zero-order valence-corrected chi connectivity index (χ0v) is 13.5. The lowest BCUT2D eigenvalue weighted by Crippen LogP contribution is -2.25. The molecule has 10 heteroatoms. The van der Waals surface area contributed by atoms with Gasteiger partial charge < -0.3 is 19.3 Å². The number of amides is 1. The largest absolute Gasteiger partial charge is 0.586 e. The van der Waals surface area contributed by atoms with Crippen LogP contribution in [0.25, 0.3) is 11.1 Å². The van der Waals surface area contributed by atoms with Crippen LogP contribution in [-0.4, -0.2) is 22.3 Å². The number of benzene rings is 1. The lowest BCUT2D eigenvalue weighted by molar-refractivity contribution is -0.286. The van der Waals surface area contributed by atoms with Gasteiger partial charge in [0.05, 0.1) is 11.2 Å². The summed E-state index contributed by atoms with van der Waals surface area (Å²) in [5.74, 6) is -0.481. The van der Waals surface area contributed by atoms with Gasteiger partial charge >= 0.3 is 6.29 Å². The van der Waals surface area contributed by atoms with Crippen LogP contribution in [0.5, 0.6) is 11.5 Å². The molecule has 0 unspecified atom stereocenters. The van der Waals surface area contributed by atoms with Crippen LogP contribution < -0.4 is 14.8 Å². The van der Waals surface area contributed by atoms with Gasteiger partial charge in [-0.1, -0.05) is 16.8 Å². The Balaban J connectivity index is 1.57. The molecule has 2 aromatic heterocycles. The van der Waals surface area contributed by atoms with Gasteiger partial charge in [0.25, 0.3) is 5.91 Å². The molecule has 0 saturated heterocycles. The number of nitrogens with one attached hydrogen (secondary N) is 1. The maximum atomic E-state index is 13.1. The lowest BCUT2D eigenvalue weighted by atomic mass is 10.1. The van der Waals surface area contributed by atoms with E-state index in [2.05, 4.69) is 24.9 Å². The number of carbonyl (C=O) groups excluding carboxylic acids is 1. The molecule has 1 aliphatic rings. The first-order chi connectivity index (χ1) is 12.4. The van der Waals surface area contributed by atoms with Crippen LogP contribution in [0.15, 0.2) is 47.2 Å². The van der Waals surface area contributed by atoms with E-state index in [0.29, 0.717) is 11.1 Å². The number of anilines is 1. The van der Waals surface area contributed by atoms with Gasteiger partial charge in [0.2, 0.25) is 5.76 Å². The highest BCUT2D eigenvalue weighted by molar-refractivity contribution is 6.33. The minimum absolute atomic E-state index is 0.0376. The van der Waals surface area contributed by atoms with Crippen LogP contribution in [-0.2, 0) is 0 Å². The van der Waals surface area contributed by atoms with Gasteiger partial charge in [-0.25, -0.2) is 4.98 Å². The molecule has 0 bridgehead atoms. The van der Waals surface area contributed by atoms with Gasteiger partial charge in [0.15, 0.2) is 11.5 Å². The minimum Gasteiger partial charge on any atom is -0.395 e. The van der Waals surface area contributed by atoms with E-state index in [9.17, 15) is 13.6 Å². The molecular weight excluding hydrogens is 372 g/mol. The van der Waals surface area contributed by atoms with Crippen LogP contribution in [0, 0.1) is 0 Å². The topological polar surface area (TPSA) is 86.5 Å². The molecular formula is C16H8ClF2N3O4. The van der Waals surface area contributed by atoms with E-state index in [-0.39, 0.29) is 28.1 Å². The Morgan fingerprint density at radius 2 is 1.92 bits per heavy atom. The standard InChI is InChI=1S/C16H8ClF2N3O4/c17-10-6-13-12(24-16(18,19)25-13)5-9(10)8-1-2-14(20-7-8)22-15(23)11-3-4-21-26-11/h1-7H,(H,20,22,23). The third kappa shape index (κ3) is 3.04. The maximum absolute atomic E-state index is 13.1. The van der Waals surface area contributed by atoms with Gasteiger partial charge in [0, 0.05) is 29.5 Å². The molecule has 7 nitrogen and oxygen atoms in total. The number of hydrogen-bond acceptors (Lipinski definition) is 6. The van der Waals surface area contributed by atoms with Gasteiger partial charge in [-0.2, -0.15) is 0 Å². The van der Waals surface area contributed by atoms with Gasteiger partial charge in [-0.3, -0.25) is 4.79 Å². The van der Waals surface area contributed by atoms with Crippen molar-refractivity contribution in [1.82, 2.24) is 10.1 Å². The third-order valence-electron chi connectivity index (χ3n) is 3.47. The normalized spacial score (nSPS) is 14.3. The summed E-state index contributed by atoms with van der Waals surface area (Å²) in [7, 11) is 0. The molecule has 0 atom stereocenters. The van der Waals surface area contributed by atoms with Crippen molar-refractivity contribution in [3.63, 3.8) is 0 Å².